The van der Waals surface area contributed by atoms with Crippen molar-refractivity contribution in [3.8, 4) is 6.07 Å². The average molecular weight is 546 g/mol. The van der Waals surface area contributed by atoms with Crippen LogP contribution >= 0.6 is 23.4 Å². The van der Waals surface area contributed by atoms with E-state index in [1.807, 2.05) is 37.3 Å². The second-order valence-electron chi connectivity index (χ2n) is 8.45. The lowest BCUT2D eigenvalue weighted by Crippen LogP contribution is -2.30. The molecule has 0 bridgehead atoms. The third-order valence-electron chi connectivity index (χ3n) is 5.83. The van der Waals surface area contributed by atoms with Crippen LogP contribution < -0.4 is 10.2 Å². The molecule has 192 valence electrons. The molecule has 1 saturated heterocycles. The number of hydrogen-bond acceptors (Lipinski definition) is 6. The highest BCUT2D eigenvalue weighted by molar-refractivity contribution is 8.05. The predicted molar refractivity (Wildman–Crippen MR) is 149 cm³/mol. The molecule has 3 aromatic rings. The summed E-state index contributed by atoms with van der Waals surface area (Å²) < 4.78 is 4.98. The molecule has 0 aliphatic carbocycles. The van der Waals surface area contributed by atoms with Gasteiger partial charge in [-0.25, -0.2) is 4.79 Å². The van der Waals surface area contributed by atoms with Crippen LogP contribution in [-0.4, -0.2) is 29.6 Å². The van der Waals surface area contributed by atoms with Crippen LogP contribution in [0.25, 0.3) is 0 Å². The van der Waals surface area contributed by atoms with Gasteiger partial charge in [0.2, 0.25) is 5.91 Å². The van der Waals surface area contributed by atoms with Crippen molar-refractivity contribution in [2.75, 3.05) is 16.8 Å². The van der Waals surface area contributed by atoms with Crippen LogP contribution in [-0.2, 0) is 20.7 Å². The Hall–Kier alpha value is -4.06. The minimum atomic E-state index is -0.661. The van der Waals surface area contributed by atoms with Crippen molar-refractivity contribution in [1.82, 2.24) is 0 Å². The molecule has 1 fully saturated rings. The minimum Gasteiger partial charge on any atom is -0.462 e. The fourth-order valence-electron chi connectivity index (χ4n) is 3.87. The third-order valence-corrected chi connectivity index (χ3v) is 7.50. The molecule has 1 atom stereocenters. The van der Waals surface area contributed by atoms with Crippen molar-refractivity contribution in [3.63, 3.8) is 0 Å². The number of amides is 2. The van der Waals surface area contributed by atoms with Crippen LogP contribution in [0, 0.1) is 18.3 Å². The van der Waals surface area contributed by atoms with E-state index in [9.17, 15) is 19.6 Å². The zero-order valence-electron chi connectivity index (χ0n) is 20.7. The lowest BCUT2D eigenvalue weighted by molar-refractivity contribution is -0.117. The van der Waals surface area contributed by atoms with Crippen molar-refractivity contribution in [2.45, 2.75) is 25.5 Å². The Morgan fingerprint density at radius 3 is 2.45 bits per heavy atom. The van der Waals surface area contributed by atoms with Gasteiger partial charge in [0.1, 0.15) is 16.7 Å². The Labute approximate surface area is 230 Å². The van der Waals surface area contributed by atoms with E-state index >= 15 is 0 Å². The van der Waals surface area contributed by atoms with Crippen LogP contribution in [0.4, 0.5) is 11.4 Å². The van der Waals surface area contributed by atoms with E-state index in [0.29, 0.717) is 28.4 Å². The van der Waals surface area contributed by atoms with Crippen LogP contribution in [0.15, 0.2) is 83.4 Å². The SMILES string of the molecule is CCOC(=O)c1ccc(NC(=O)/C(C#N)=C2\SC(Cc3ccc(C)c(Cl)c3)C(=O)N2c2ccccc2)cc1. The number of anilines is 2. The van der Waals surface area contributed by atoms with Gasteiger partial charge in [0.05, 0.1) is 17.4 Å². The summed E-state index contributed by atoms with van der Waals surface area (Å²) in [5.41, 5.74) is 2.92. The summed E-state index contributed by atoms with van der Waals surface area (Å²) in [5.74, 6) is -1.36. The molecular formula is C29H24ClN3O4S. The van der Waals surface area contributed by atoms with E-state index < -0.39 is 17.1 Å². The molecule has 1 heterocycles. The Kier molecular flexibility index (Phi) is 8.52. The number of thioether (sulfide) groups is 1. The van der Waals surface area contributed by atoms with Crippen molar-refractivity contribution in [1.29, 1.82) is 5.26 Å². The molecule has 0 radical (unpaired) electrons. The summed E-state index contributed by atoms with van der Waals surface area (Å²) in [4.78, 5) is 40.1. The number of aryl methyl sites for hydroxylation is 1. The Balaban J connectivity index is 1.64. The number of hydrogen-bond donors (Lipinski definition) is 1. The molecule has 0 saturated carbocycles. The molecule has 1 aliphatic rings. The van der Waals surface area contributed by atoms with Crippen molar-refractivity contribution < 1.29 is 19.1 Å². The number of nitrogens with zero attached hydrogens (tertiary/aromatic N) is 2. The molecule has 2 amide bonds. The van der Waals surface area contributed by atoms with E-state index in [1.165, 1.54) is 28.8 Å². The first-order valence-corrected chi connectivity index (χ1v) is 13.1. The van der Waals surface area contributed by atoms with Crippen LogP contribution in [0.3, 0.4) is 0 Å². The zero-order chi connectivity index (χ0) is 27.2. The van der Waals surface area contributed by atoms with Gasteiger partial charge >= 0.3 is 5.97 Å². The maximum absolute atomic E-state index is 13.6. The summed E-state index contributed by atoms with van der Waals surface area (Å²) in [6, 6.07) is 22.7. The number of carbonyl (C=O) groups is 3. The highest BCUT2D eigenvalue weighted by Gasteiger charge is 2.40. The standard InChI is InChI=1S/C29H24ClN3O4S/c1-3-37-29(36)20-11-13-21(14-12-20)32-26(34)23(17-31)28-33(22-7-5-4-6-8-22)27(35)25(38-28)16-19-10-9-18(2)24(30)15-19/h4-15,25H,3,16H2,1-2H3,(H,32,34)/b28-23-. The van der Waals surface area contributed by atoms with Gasteiger partial charge in [-0.15, -0.1) is 0 Å². The molecule has 0 aromatic heterocycles. The Bertz CT molecular complexity index is 1450. The molecular weight excluding hydrogens is 522 g/mol. The second kappa shape index (κ2) is 12.0. The number of ether oxygens (including phenoxy) is 1. The predicted octanol–water partition coefficient (Wildman–Crippen LogP) is 5.89. The number of para-hydroxylation sites is 1. The quantitative estimate of drug-likeness (QED) is 0.226. The zero-order valence-corrected chi connectivity index (χ0v) is 22.3. The number of esters is 1. The maximum Gasteiger partial charge on any atom is 0.338 e. The minimum absolute atomic E-state index is 0.189. The molecule has 3 aromatic carbocycles. The number of carbonyl (C=O) groups excluding carboxylic acids is 3. The molecule has 1 aliphatic heterocycles. The lowest BCUT2D eigenvalue weighted by Gasteiger charge is -2.18. The van der Waals surface area contributed by atoms with E-state index in [0.717, 1.165) is 11.1 Å². The van der Waals surface area contributed by atoms with Crippen molar-refractivity contribution in [2.24, 2.45) is 0 Å². The summed E-state index contributed by atoms with van der Waals surface area (Å²) in [6.07, 6.45) is 0.381. The monoisotopic (exact) mass is 545 g/mol. The van der Waals surface area contributed by atoms with Crippen molar-refractivity contribution >= 4 is 52.5 Å². The van der Waals surface area contributed by atoms with Crippen molar-refractivity contribution in [3.05, 3.63) is 105 Å². The van der Waals surface area contributed by atoms with E-state index in [1.54, 1.807) is 43.3 Å². The van der Waals surface area contributed by atoms with Crippen LogP contribution in [0.5, 0.6) is 0 Å². The first-order chi connectivity index (χ1) is 18.3. The van der Waals surface area contributed by atoms with Gasteiger partial charge in [-0.3, -0.25) is 14.5 Å². The number of nitrogens with one attached hydrogen (secondary N) is 1. The lowest BCUT2D eigenvalue weighted by atomic mass is 10.1. The van der Waals surface area contributed by atoms with Gasteiger partial charge in [0.25, 0.3) is 5.91 Å². The van der Waals surface area contributed by atoms with E-state index in [4.69, 9.17) is 16.3 Å². The van der Waals surface area contributed by atoms with Gasteiger partial charge < -0.3 is 10.1 Å². The number of halogens is 1. The summed E-state index contributed by atoms with van der Waals surface area (Å²) in [5, 5.41) is 13.0. The highest BCUT2D eigenvalue weighted by atomic mass is 35.5. The van der Waals surface area contributed by atoms with Gasteiger partial charge in [-0.1, -0.05) is 53.7 Å². The summed E-state index contributed by atoms with van der Waals surface area (Å²) >= 11 is 7.47. The summed E-state index contributed by atoms with van der Waals surface area (Å²) in [6.45, 7) is 3.87. The second-order valence-corrected chi connectivity index (χ2v) is 10.0. The normalized spacial score (nSPS) is 16.1. The smallest absolute Gasteiger partial charge is 0.338 e. The number of rotatable bonds is 7. The fraction of sp³-hybridized carbons (Fsp3) is 0.172. The Morgan fingerprint density at radius 1 is 1.11 bits per heavy atom. The highest BCUT2D eigenvalue weighted by Crippen LogP contribution is 2.42. The number of benzene rings is 3. The first kappa shape index (κ1) is 27.0. The molecule has 1 unspecified atom stereocenters. The number of nitriles is 1. The molecule has 38 heavy (non-hydrogen) atoms. The maximum atomic E-state index is 13.6. The van der Waals surface area contributed by atoms with Gasteiger partial charge in [0, 0.05) is 16.4 Å². The van der Waals surface area contributed by atoms with Gasteiger partial charge in [-0.2, -0.15) is 5.26 Å². The summed E-state index contributed by atoms with van der Waals surface area (Å²) in [7, 11) is 0. The van der Waals surface area contributed by atoms with E-state index in [-0.39, 0.29) is 23.1 Å². The first-order valence-electron chi connectivity index (χ1n) is 11.9. The topological polar surface area (TPSA) is 99.5 Å². The molecule has 4 rings (SSSR count). The molecule has 7 nitrogen and oxygen atoms in total. The van der Waals surface area contributed by atoms with Crippen LogP contribution in [0.1, 0.15) is 28.4 Å². The van der Waals surface area contributed by atoms with Gasteiger partial charge in [0.15, 0.2) is 0 Å². The molecule has 9 heteroatoms. The van der Waals surface area contributed by atoms with Gasteiger partial charge in [-0.05, 0) is 73.9 Å². The largest absolute Gasteiger partial charge is 0.462 e. The molecule has 1 N–H and O–H groups in total. The van der Waals surface area contributed by atoms with E-state index in [2.05, 4.69) is 5.32 Å². The van der Waals surface area contributed by atoms with Crippen LogP contribution in [0.2, 0.25) is 5.02 Å². The fourth-order valence-corrected chi connectivity index (χ4v) is 5.39. The molecule has 0 spiro atoms. The average Bonchev–Trinajstić information content (AvgIpc) is 3.22. The Morgan fingerprint density at radius 2 is 1.82 bits per heavy atom. The third kappa shape index (κ3) is 5.91.